The van der Waals surface area contributed by atoms with Crippen LogP contribution in [0, 0.1) is 0 Å². The third kappa shape index (κ3) is 6.71. The first-order valence-electron chi connectivity index (χ1n) is 15.2. The lowest BCUT2D eigenvalue weighted by atomic mass is 9.92. The van der Waals surface area contributed by atoms with Crippen LogP contribution in [0.1, 0.15) is 77.8 Å². The molecule has 1 saturated carbocycles. The highest BCUT2D eigenvalue weighted by atomic mass is 16.5. The normalized spacial score (nSPS) is 22.1. The number of rotatable bonds is 8. The topological polar surface area (TPSA) is 87.9 Å². The van der Waals surface area contributed by atoms with Crippen molar-refractivity contribution in [3.8, 4) is 11.5 Å². The highest BCUT2D eigenvalue weighted by Gasteiger charge is 2.30. The van der Waals surface area contributed by atoms with Crippen molar-refractivity contribution in [3.63, 3.8) is 0 Å². The highest BCUT2D eigenvalue weighted by molar-refractivity contribution is 5.95. The number of hydrogen-bond acceptors (Lipinski definition) is 6. The van der Waals surface area contributed by atoms with Gasteiger partial charge in [-0.25, -0.2) is 4.98 Å². The quantitative estimate of drug-likeness (QED) is 0.405. The Bertz CT molecular complexity index is 1290. The van der Waals surface area contributed by atoms with Crippen LogP contribution in [0.15, 0.2) is 65.3 Å². The number of benzene rings is 2. The number of likely N-dealkylation sites (tertiary alicyclic amines) is 2. The molecule has 0 bridgehead atoms. The van der Waals surface area contributed by atoms with E-state index in [-0.39, 0.29) is 29.7 Å². The fourth-order valence-electron chi connectivity index (χ4n) is 6.47. The van der Waals surface area contributed by atoms with Gasteiger partial charge in [0.1, 0.15) is 6.26 Å². The molecule has 0 unspecified atom stereocenters. The second-order valence-corrected chi connectivity index (χ2v) is 11.6. The van der Waals surface area contributed by atoms with Crippen molar-refractivity contribution >= 4 is 11.8 Å². The lowest BCUT2D eigenvalue weighted by Gasteiger charge is -2.36. The van der Waals surface area contributed by atoms with Gasteiger partial charge < -0.3 is 24.3 Å². The van der Waals surface area contributed by atoms with Crippen LogP contribution in [0.2, 0.25) is 0 Å². The molecule has 3 aliphatic rings. The maximum atomic E-state index is 13.1. The average molecular weight is 557 g/mol. The van der Waals surface area contributed by atoms with E-state index in [4.69, 9.17) is 9.15 Å². The number of oxazole rings is 1. The Morgan fingerprint density at radius 2 is 1.61 bits per heavy atom. The maximum absolute atomic E-state index is 13.1. The summed E-state index contributed by atoms with van der Waals surface area (Å²) in [6.45, 7) is 4.54. The van der Waals surface area contributed by atoms with E-state index in [0.717, 1.165) is 62.7 Å². The van der Waals surface area contributed by atoms with Crippen LogP contribution >= 0.6 is 0 Å². The average Bonchev–Trinajstić information content (AvgIpc) is 3.75. The third-order valence-corrected chi connectivity index (χ3v) is 8.85. The molecule has 216 valence electrons. The molecule has 2 amide bonds. The van der Waals surface area contributed by atoms with Crippen molar-refractivity contribution in [3.05, 3.63) is 77.7 Å². The van der Waals surface area contributed by atoms with Crippen LogP contribution in [-0.2, 0) is 11.3 Å². The van der Waals surface area contributed by atoms with Crippen LogP contribution in [0.5, 0.6) is 0 Å². The number of carbonyl (C=O) groups is 2. The van der Waals surface area contributed by atoms with E-state index >= 15 is 0 Å². The minimum atomic E-state index is -0.260. The molecule has 1 aliphatic carbocycles. The predicted molar refractivity (Wildman–Crippen MR) is 156 cm³/mol. The molecule has 2 saturated heterocycles. The Balaban J connectivity index is 1.02. The summed E-state index contributed by atoms with van der Waals surface area (Å²) in [6.07, 6.45) is 10.0. The van der Waals surface area contributed by atoms with Crippen LogP contribution < -0.4 is 5.32 Å². The summed E-state index contributed by atoms with van der Waals surface area (Å²) < 4.78 is 11.9. The monoisotopic (exact) mass is 556 g/mol. The molecule has 8 nitrogen and oxygen atoms in total. The zero-order valence-electron chi connectivity index (χ0n) is 23.7. The molecule has 6 rings (SSSR count). The molecule has 1 N–H and O–H groups in total. The maximum Gasteiger partial charge on any atom is 0.273 e. The summed E-state index contributed by atoms with van der Waals surface area (Å²) in [5.41, 5.74) is 2.76. The molecule has 41 heavy (non-hydrogen) atoms. The van der Waals surface area contributed by atoms with Crippen LogP contribution in [0.25, 0.3) is 11.5 Å². The second-order valence-electron chi connectivity index (χ2n) is 11.6. The highest BCUT2D eigenvalue weighted by Crippen LogP contribution is 2.25. The van der Waals surface area contributed by atoms with Crippen molar-refractivity contribution in [2.24, 2.45) is 0 Å². The molecule has 8 heteroatoms. The van der Waals surface area contributed by atoms with Gasteiger partial charge in [-0.3, -0.25) is 9.59 Å². The molecule has 3 heterocycles. The number of aromatic nitrogens is 1. The van der Waals surface area contributed by atoms with E-state index in [1.807, 2.05) is 59.5 Å². The Morgan fingerprint density at radius 1 is 0.878 bits per heavy atom. The Labute approximate surface area is 242 Å². The van der Waals surface area contributed by atoms with Gasteiger partial charge >= 0.3 is 0 Å². The van der Waals surface area contributed by atoms with E-state index in [1.54, 1.807) is 0 Å². The molecule has 0 spiro atoms. The van der Waals surface area contributed by atoms with Gasteiger partial charge in [0.15, 0.2) is 5.69 Å². The van der Waals surface area contributed by atoms with E-state index < -0.39 is 0 Å². The molecule has 2 atom stereocenters. The Kier molecular flexibility index (Phi) is 8.77. The predicted octanol–water partition coefficient (Wildman–Crippen LogP) is 5.30. The lowest BCUT2D eigenvalue weighted by Crippen LogP contribution is -2.46. The molecule has 3 fully saturated rings. The molecule has 1 aromatic heterocycles. The standard InChI is InChI=1S/C33H40N4O4/c38-31(34-28-10-4-5-11-30(28)40-22-24-8-2-1-3-9-24)29-23-41-32(35-29)25-12-14-26(15-13-25)33(39)37-20-16-27(17-21-37)36-18-6-7-19-36/h1-3,8-9,12-15,23,27-28,30H,4-7,10-11,16-22H2,(H,34,38)/t28-,30-/m0/s1. The Hall–Kier alpha value is -3.49. The molecule has 0 radical (unpaired) electrons. The number of hydrogen-bond donors (Lipinski definition) is 1. The zero-order valence-corrected chi connectivity index (χ0v) is 23.7. The second kappa shape index (κ2) is 13.0. The number of nitrogens with one attached hydrogen (secondary N) is 1. The van der Waals surface area contributed by atoms with Gasteiger partial charge in [0.2, 0.25) is 5.89 Å². The SMILES string of the molecule is O=C(N[C@H]1CCCC[C@@H]1OCc1ccccc1)c1coc(-c2ccc(C(=O)N3CCC(N4CCCC4)CC3)cc2)n1. The molecule has 3 aromatic rings. The minimum Gasteiger partial charge on any atom is -0.444 e. The van der Waals surface area contributed by atoms with Gasteiger partial charge in [0.25, 0.3) is 11.8 Å². The largest absolute Gasteiger partial charge is 0.444 e. The summed E-state index contributed by atoms with van der Waals surface area (Å²) in [7, 11) is 0. The van der Waals surface area contributed by atoms with Crippen molar-refractivity contribution < 1.29 is 18.7 Å². The minimum absolute atomic E-state index is 0.0321. The Morgan fingerprint density at radius 3 is 2.37 bits per heavy atom. The van der Waals surface area contributed by atoms with Gasteiger partial charge in [0, 0.05) is 30.3 Å². The molecular formula is C33H40N4O4. The van der Waals surface area contributed by atoms with Gasteiger partial charge in [-0.15, -0.1) is 0 Å². The van der Waals surface area contributed by atoms with Crippen LogP contribution in [0.4, 0.5) is 0 Å². The number of ether oxygens (including phenoxy) is 1. The van der Waals surface area contributed by atoms with Crippen molar-refractivity contribution in [2.45, 2.75) is 76.2 Å². The van der Waals surface area contributed by atoms with E-state index in [9.17, 15) is 9.59 Å². The first kappa shape index (κ1) is 27.7. The summed E-state index contributed by atoms with van der Waals surface area (Å²) in [5.74, 6) is 0.172. The number of amides is 2. The van der Waals surface area contributed by atoms with E-state index in [1.165, 1.54) is 32.2 Å². The van der Waals surface area contributed by atoms with Gasteiger partial charge in [0.05, 0.1) is 18.8 Å². The van der Waals surface area contributed by atoms with Gasteiger partial charge in [-0.2, -0.15) is 0 Å². The van der Waals surface area contributed by atoms with Crippen molar-refractivity contribution in [1.29, 1.82) is 0 Å². The van der Waals surface area contributed by atoms with E-state index in [2.05, 4.69) is 15.2 Å². The lowest BCUT2D eigenvalue weighted by molar-refractivity contribution is -0.00466. The summed E-state index contributed by atoms with van der Waals surface area (Å²) in [6, 6.07) is 18.0. The zero-order chi connectivity index (χ0) is 28.0. The first-order chi connectivity index (χ1) is 20.1. The number of nitrogens with zero attached hydrogens (tertiary/aromatic N) is 3. The van der Waals surface area contributed by atoms with E-state index in [0.29, 0.717) is 24.1 Å². The fraction of sp³-hybridized carbons (Fsp3) is 0.485. The molecular weight excluding hydrogens is 516 g/mol. The smallest absolute Gasteiger partial charge is 0.273 e. The fourth-order valence-corrected chi connectivity index (χ4v) is 6.47. The third-order valence-electron chi connectivity index (χ3n) is 8.85. The summed E-state index contributed by atoms with van der Waals surface area (Å²) in [4.78, 5) is 35.2. The number of piperidine rings is 1. The van der Waals surface area contributed by atoms with Gasteiger partial charge in [-0.1, -0.05) is 43.2 Å². The molecule has 2 aromatic carbocycles. The summed E-state index contributed by atoms with van der Waals surface area (Å²) >= 11 is 0. The van der Waals surface area contributed by atoms with Crippen molar-refractivity contribution in [1.82, 2.24) is 20.1 Å². The van der Waals surface area contributed by atoms with Crippen LogP contribution in [0.3, 0.4) is 0 Å². The van der Waals surface area contributed by atoms with Crippen LogP contribution in [-0.4, -0.2) is 71.0 Å². The molecule has 2 aliphatic heterocycles. The summed E-state index contributed by atoms with van der Waals surface area (Å²) in [5, 5.41) is 3.13. The first-order valence-corrected chi connectivity index (χ1v) is 15.2. The number of carbonyl (C=O) groups excluding carboxylic acids is 2. The van der Waals surface area contributed by atoms with Gasteiger partial charge in [-0.05, 0) is 81.4 Å². The van der Waals surface area contributed by atoms with Crippen molar-refractivity contribution in [2.75, 3.05) is 26.2 Å².